The fourth-order valence-electron chi connectivity index (χ4n) is 1.23. The molecule has 0 saturated carbocycles. The second-order valence-electron chi connectivity index (χ2n) is 2.78. The molecular weight excluding hydrogens is 239 g/mol. The Morgan fingerprint density at radius 3 is 3.08 bits per heavy atom. The summed E-state index contributed by atoms with van der Waals surface area (Å²) in [6, 6.07) is 3.95. The fraction of sp³-hybridized carbons (Fsp3) is 0.222. The molecule has 68 valence electrons. The minimum Gasteiger partial charge on any atom is -0.491 e. The maximum absolute atomic E-state index is 12.8. The van der Waals surface area contributed by atoms with E-state index >= 15 is 0 Å². The first-order valence-electron chi connectivity index (χ1n) is 3.79. The molecule has 0 fully saturated rings. The molecular formula is C9H6BrFO2. The number of halogens is 2. The molecule has 0 saturated heterocycles. The highest BCUT2D eigenvalue weighted by Gasteiger charge is 2.26. The van der Waals surface area contributed by atoms with Crippen molar-refractivity contribution in [1.29, 1.82) is 0 Å². The normalized spacial score (nSPS) is 20.8. The number of Topliss-reactive ketones (excluding diaryl/α,β-unsaturated/α-hetero) is 1. The molecule has 0 unspecified atom stereocenters. The van der Waals surface area contributed by atoms with Gasteiger partial charge in [-0.05, 0) is 18.2 Å². The monoisotopic (exact) mass is 244 g/mol. The molecule has 0 radical (unpaired) electrons. The third kappa shape index (κ3) is 1.46. The van der Waals surface area contributed by atoms with Gasteiger partial charge in [-0.3, -0.25) is 4.79 Å². The summed E-state index contributed by atoms with van der Waals surface area (Å²) in [5.74, 6) is -0.0832. The van der Waals surface area contributed by atoms with Crippen molar-refractivity contribution >= 4 is 21.7 Å². The van der Waals surface area contributed by atoms with Gasteiger partial charge in [0.1, 0.15) is 23.0 Å². The van der Waals surface area contributed by atoms with Crippen molar-refractivity contribution in [2.45, 2.75) is 4.83 Å². The molecule has 0 bridgehead atoms. The summed E-state index contributed by atoms with van der Waals surface area (Å²) in [5, 5.41) is 0. The van der Waals surface area contributed by atoms with Crippen LogP contribution in [-0.4, -0.2) is 17.2 Å². The van der Waals surface area contributed by atoms with Crippen LogP contribution in [0.5, 0.6) is 5.75 Å². The summed E-state index contributed by atoms with van der Waals surface area (Å²) in [6.07, 6.45) is 0. The molecule has 0 amide bonds. The number of hydrogen-bond acceptors (Lipinski definition) is 2. The van der Waals surface area contributed by atoms with Crippen molar-refractivity contribution < 1.29 is 13.9 Å². The minimum absolute atomic E-state index is 0.124. The molecule has 0 N–H and O–H groups in total. The van der Waals surface area contributed by atoms with E-state index < -0.39 is 5.82 Å². The molecule has 0 aromatic heterocycles. The summed E-state index contributed by atoms with van der Waals surface area (Å²) >= 11 is 3.15. The first-order valence-corrected chi connectivity index (χ1v) is 4.70. The van der Waals surface area contributed by atoms with E-state index in [9.17, 15) is 9.18 Å². The van der Waals surface area contributed by atoms with Gasteiger partial charge in [-0.1, -0.05) is 15.9 Å². The fourth-order valence-corrected chi connectivity index (χ4v) is 1.61. The van der Waals surface area contributed by atoms with Gasteiger partial charge in [0, 0.05) is 0 Å². The van der Waals surface area contributed by atoms with E-state index in [2.05, 4.69) is 15.9 Å². The van der Waals surface area contributed by atoms with E-state index in [1.54, 1.807) is 0 Å². The standard InChI is InChI=1S/C9H6BrFO2/c10-7-4-13-8-2-1-5(11)3-6(8)9(7)12/h1-3,7H,4H2/t7-/m0/s1. The van der Waals surface area contributed by atoms with Crippen molar-refractivity contribution in [3.05, 3.63) is 29.6 Å². The van der Waals surface area contributed by atoms with Crippen LogP contribution in [0, 0.1) is 5.82 Å². The first kappa shape index (κ1) is 8.69. The molecule has 13 heavy (non-hydrogen) atoms. The van der Waals surface area contributed by atoms with Crippen LogP contribution in [0.1, 0.15) is 10.4 Å². The lowest BCUT2D eigenvalue weighted by molar-refractivity contribution is 0.0945. The Balaban J connectivity index is 2.51. The number of benzene rings is 1. The third-order valence-electron chi connectivity index (χ3n) is 1.88. The Kier molecular flexibility index (Phi) is 2.07. The van der Waals surface area contributed by atoms with Gasteiger partial charge in [0.25, 0.3) is 0 Å². The molecule has 4 heteroatoms. The largest absolute Gasteiger partial charge is 0.491 e. The maximum Gasteiger partial charge on any atom is 0.183 e. The molecule has 0 aliphatic carbocycles. The number of ketones is 1. The predicted octanol–water partition coefficient (Wildman–Crippen LogP) is 2.16. The van der Waals surface area contributed by atoms with E-state index in [4.69, 9.17) is 4.74 Å². The maximum atomic E-state index is 12.8. The zero-order valence-electron chi connectivity index (χ0n) is 6.59. The lowest BCUT2D eigenvalue weighted by Gasteiger charge is -2.19. The van der Waals surface area contributed by atoms with E-state index in [-0.39, 0.29) is 10.6 Å². The second kappa shape index (κ2) is 3.10. The zero-order valence-corrected chi connectivity index (χ0v) is 8.17. The molecule has 2 rings (SSSR count). The number of carbonyl (C=O) groups excluding carboxylic acids is 1. The number of fused-ring (bicyclic) bond motifs is 1. The Morgan fingerprint density at radius 2 is 2.31 bits per heavy atom. The van der Waals surface area contributed by atoms with Crippen LogP contribution in [0.4, 0.5) is 4.39 Å². The van der Waals surface area contributed by atoms with Gasteiger partial charge < -0.3 is 4.74 Å². The van der Waals surface area contributed by atoms with Crippen LogP contribution in [0.25, 0.3) is 0 Å². The van der Waals surface area contributed by atoms with Gasteiger partial charge in [0.15, 0.2) is 5.78 Å². The van der Waals surface area contributed by atoms with Gasteiger partial charge in [-0.25, -0.2) is 4.39 Å². The molecule has 2 nitrogen and oxygen atoms in total. The Morgan fingerprint density at radius 1 is 1.54 bits per heavy atom. The highest BCUT2D eigenvalue weighted by Crippen LogP contribution is 2.27. The topological polar surface area (TPSA) is 26.3 Å². The van der Waals surface area contributed by atoms with Crippen LogP contribution in [0.3, 0.4) is 0 Å². The third-order valence-corrected chi connectivity index (χ3v) is 2.56. The molecule has 1 aromatic carbocycles. The Labute approximate surface area is 82.8 Å². The molecule has 0 spiro atoms. The van der Waals surface area contributed by atoms with Crippen molar-refractivity contribution in [3.8, 4) is 5.75 Å². The van der Waals surface area contributed by atoms with E-state index in [0.29, 0.717) is 17.9 Å². The second-order valence-corrected chi connectivity index (χ2v) is 3.89. The van der Waals surface area contributed by atoms with Gasteiger partial charge >= 0.3 is 0 Å². The SMILES string of the molecule is O=C1c2cc(F)ccc2OC[C@@H]1Br. The molecule has 1 atom stereocenters. The molecule has 1 heterocycles. The highest BCUT2D eigenvalue weighted by atomic mass is 79.9. The quantitative estimate of drug-likeness (QED) is 0.654. The molecule has 1 aromatic rings. The summed E-state index contributed by atoms with van der Waals surface area (Å²) in [5.41, 5.74) is 0.313. The molecule has 1 aliphatic rings. The first-order chi connectivity index (χ1) is 6.18. The van der Waals surface area contributed by atoms with Gasteiger partial charge in [0.05, 0.1) is 5.56 Å². The van der Waals surface area contributed by atoms with Crippen LogP contribution in [0.15, 0.2) is 18.2 Å². The summed E-state index contributed by atoms with van der Waals surface area (Å²) in [4.78, 5) is 11.1. The number of rotatable bonds is 0. The van der Waals surface area contributed by atoms with Crippen LogP contribution in [-0.2, 0) is 0 Å². The minimum atomic E-state index is -0.419. The van der Waals surface area contributed by atoms with E-state index in [1.807, 2.05) is 0 Å². The zero-order chi connectivity index (χ0) is 9.42. The molecule has 1 aliphatic heterocycles. The van der Waals surface area contributed by atoms with Crippen molar-refractivity contribution in [2.24, 2.45) is 0 Å². The van der Waals surface area contributed by atoms with Gasteiger partial charge in [0.2, 0.25) is 0 Å². The van der Waals surface area contributed by atoms with Crippen LogP contribution in [0.2, 0.25) is 0 Å². The summed E-state index contributed by atoms with van der Waals surface area (Å²) < 4.78 is 18.0. The van der Waals surface area contributed by atoms with Gasteiger partial charge in [-0.15, -0.1) is 0 Å². The summed E-state index contributed by atoms with van der Waals surface area (Å²) in [7, 11) is 0. The predicted molar refractivity (Wildman–Crippen MR) is 48.9 cm³/mol. The average molecular weight is 245 g/mol. The van der Waals surface area contributed by atoms with E-state index in [0.717, 1.165) is 0 Å². The number of hydrogen-bond donors (Lipinski definition) is 0. The number of alkyl halides is 1. The van der Waals surface area contributed by atoms with Crippen LogP contribution >= 0.6 is 15.9 Å². The highest BCUT2D eigenvalue weighted by molar-refractivity contribution is 9.10. The Bertz CT molecular complexity index is 365. The van der Waals surface area contributed by atoms with Gasteiger partial charge in [-0.2, -0.15) is 0 Å². The average Bonchev–Trinajstić information content (AvgIpc) is 2.12. The lowest BCUT2D eigenvalue weighted by Crippen LogP contribution is -2.27. The lowest BCUT2D eigenvalue weighted by atomic mass is 10.1. The number of carbonyl (C=O) groups is 1. The van der Waals surface area contributed by atoms with Crippen molar-refractivity contribution in [1.82, 2.24) is 0 Å². The van der Waals surface area contributed by atoms with E-state index in [1.165, 1.54) is 18.2 Å². The van der Waals surface area contributed by atoms with Crippen molar-refractivity contribution in [3.63, 3.8) is 0 Å². The van der Waals surface area contributed by atoms with Crippen LogP contribution < -0.4 is 4.74 Å². The summed E-state index contributed by atoms with van der Waals surface area (Å²) in [6.45, 7) is 0.303. The smallest absolute Gasteiger partial charge is 0.183 e. The Hall–Kier alpha value is -0.900. The number of ether oxygens (including phenoxy) is 1. The van der Waals surface area contributed by atoms with Crippen molar-refractivity contribution in [2.75, 3.05) is 6.61 Å².